The van der Waals surface area contributed by atoms with Crippen LogP contribution in [0.2, 0.25) is 0 Å². The first kappa shape index (κ1) is 12.8. The van der Waals surface area contributed by atoms with Crippen LogP contribution in [-0.2, 0) is 0 Å². The largest absolute Gasteiger partial charge is 0.402 e. The highest BCUT2D eigenvalue weighted by molar-refractivity contribution is 6.23. The van der Waals surface area contributed by atoms with E-state index < -0.39 is 0 Å². The van der Waals surface area contributed by atoms with Crippen molar-refractivity contribution in [2.24, 2.45) is 16.5 Å². The van der Waals surface area contributed by atoms with Crippen molar-refractivity contribution in [1.29, 1.82) is 0 Å². The van der Waals surface area contributed by atoms with Crippen LogP contribution in [0.25, 0.3) is 5.57 Å². The van der Waals surface area contributed by atoms with E-state index in [0.717, 1.165) is 11.1 Å². The second kappa shape index (κ2) is 5.82. The predicted molar refractivity (Wildman–Crippen MR) is 78.7 cm³/mol. The van der Waals surface area contributed by atoms with Crippen LogP contribution < -0.4 is 11.5 Å². The average Bonchev–Trinajstić information content (AvgIpc) is 2.40. The lowest BCUT2D eigenvalue weighted by molar-refractivity contribution is 1.26. The summed E-state index contributed by atoms with van der Waals surface area (Å²) in [4.78, 5) is 8.43. The Morgan fingerprint density at radius 3 is 2.26 bits per heavy atom. The molecule has 0 spiro atoms. The second-order valence-corrected chi connectivity index (χ2v) is 4.11. The van der Waals surface area contributed by atoms with Crippen LogP contribution in [0.1, 0.15) is 12.5 Å². The summed E-state index contributed by atoms with van der Waals surface area (Å²) in [5, 5.41) is 0. The van der Waals surface area contributed by atoms with Gasteiger partial charge in [0.15, 0.2) is 5.82 Å². The van der Waals surface area contributed by atoms with E-state index in [4.69, 9.17) is 11.5 Å². The van der Waals surface area contributed by atoms with Crippen molar-refractivity contribution in [1.82, 2.24) is 4.98 Å². The summed E-state index contributed by atoms with van der Waals surface area (Å²) in [6.07, 6.45) is 1.67. The third-order valence-electron chi connectivity index (χ3n) is 2.60. The minimum Gasteiger partial charge on any atom is -0.402 e. The van der Waals surface area contributed by atoms with Crippen LogP contribution in [0.15, 0.2) is 65.4 Å². The van der Waals surface area contributed by atoms with E-state index >= 15 is 0 Å². The number of rotatable bonds is 3. The molecule has 4 N–H and O–H groups in total. The molecule has 1 aromatic carbocycles. The quantitative estimate of drug-likeness (QED) is 0.650. The molecule has 19 heavy (non-hydrogen) atoms. The van der Waals surface area contributed by atoms with Gasteiger partial charge in [-0.2, -0.15) is 0 Å². The summed E-state index contributed by atoms with van der Waals surface area (Å²) in [7, 11) is 0. The van der Waals surface area contributed by atoms with E-state index in [1.807, 2.05) is 49.4 Å². The summed E-state index contributed by atoms with van der Waals surface area (Å²) in [5.74, 6) is 0.930. The molecule has 0 aliphatic heterocycles. The molecule has 0 fully saturated rings. The SMILES string of the molecule is C/C(N)=C(/C(N)=N/c1ccccn1)c1ccccc1. The Hall–Kier alpha value is -2.62. The van der Waals surface area contributed by atoms with E-state index in [1.54, 1.807) is 12.3 Å². The van der Waals surface area contributed by atoms with Gasteiger partial charge < -0.3 is 11.5 Å². The Balaban J connectivity index is 2.43. The van der Waals surface area contributed by atoms with Crippen LogP contribution in [0.3, 0.4) is 0 Å². The Kier molecular flexibility index (Phi) is 3.93. The van der Waals surface area contributed by atoms with E-state index in [2.05, 4.69) is 9.98 Å². The fourth-order valence-corrected chi connectivity index (χ4v) is 1.78. The topological polar surface area (TPSA) is 77.3 Å². The molecule has 0 saturated carbocycles. The number of allylic oxidation sites excluding steroid dienone is 1. The van der Waals surface area contributed by atoms with Crippen LogP contribution in [-0.4, -0.2) is 10.8 Å². The molecule has 2 aromatic rings. The number of nitrogens with zero attached hydrogens (tertiary/aromatic N) is 2. The van der Waals surface area contributed by atoms with Crippen molar-refractivity contribution in [3.63, 3.8) is 0 Å². The van der Waals surface area contributed by atoms with Gasteiger partial charge in [-0.15, -0.1) is 0 Å². The molecule has 1 aromatic heterocycles. The molecule has 0 bridgehead atoms. The van der Waals surface area contributed by atoms with Gasteiger partial charge in [-0.3, -0.25) is 0 Å². The number of benzene rings is 1. The van der Waals surface area contributed by atoms with Crippen molar-refractivity contribution in [3.05, 3.63) is 66.0 Å². The fourth-order valence-electron chi connectivity index (χ4n) is 1.78. The molecule has 0 amide bonds. The summed E-state index contributed by atoms with van der Waals surface area (Å²) in [5.41, 5.74) is 14.3. The molecule has 0 aliphatic carbocycles. The van der Waals surface area contributed by atoms with Crippen molar-refractivity contribution < 1.29 is 0 Å². The number of pyridine rings is 1. The van der Waals surface area contributed by atoms with Crippen molar-refractivity contribution in [2.45, 2.75) is 6.92 Å². The van der Waals surface area contributed by atoms with E-state index in [9.17, 15) is 0 Å². The lowest BCUT2D eigenvalue weighted by Crippen LogP contribution is -2.17. The molecule has 0 unspecified atom stereocenters. The Morgan fingerprint density at radius 2 is 1.68 bits per heavy atom. The van der Waals surface area contributed by atoms with Crippen molar-refractivity contribution >= 4 is 17.2 Å². The molecule has 0 aliphatic rings. The standard InChI is InChI=1S/C15H16N4/c1-11(16)14(12-7-3-2-4-8-12)15(17)19-13-9-5-6-10-18-13/h2-10H,16H2,1H3,(H2,17,18,19)/b14-11-. The third kappa shape index (κ3) is 3.19. The first-order valence-corrected chi connectivity index (χ1v) is 5.96. The van der Waals surface area contributed by atoms with Crippen molar-refractivity contribution in [2.75, 3.05) is 0 Å². The van der Waals surface area contributed by atoms with Crippen LogP contribution in [0.5, 0.6) is 0 Å². The fraction of sp³-hybridized carbons (Fsp3) is 0.0667. The summed E-state index contributed by atoms with van der Waals surface area (Å²) in [6, 6.07) is 15.2. The molecule has 1 heterocycles. The summed E-state index contributed by atoms with van der Waals surface area (Å²) < 4.78 is 0. The molecule has 96 valence electrons. The highest BCUT2D eigenvalue weighted by Gasteiger charge is 2.09. The van der Waals surface area contributed by atoms with Gasteiger partial charge >= 0.3 is 0 Å². The molecule has 0 atom stereocenters. The van der Waals surface area contributed by atoms with E-state index in [0.29, 0.717) is 17.4 Å². The molecule has 2 rings (SSSR count). The number of nitrogens with two attached hydrogens (primary N) is 2. The van der Waals surface area contributed by atoms with Gasteiger partial charge in [0.2, 0.25) is 0 Å². The van der Waals surface area contributed by atoms with Gasteiger partial charge in [0.1, 0.15) is 5.84 Å². The first-order chi connectivity index (χ1) is 9.18. The van der Waals surface area contributed by atoms with Crippen LogP contribution in [0, 0.1) is 0 Å². The van der Waals surface area contributed by atoms with Gasteiger partial charge in [0.05, 0.1) is 0 Å². The molecular weight excluding hydrogens is 236 g/mol. The van der Waals surface area contributed by atoms with E-state index in [1.165, 1.54) is 0 Å². The van der Waals surface area contributed by atoms with Gasteiger partial charge in [0.25, 0.3) is 0 Å². The Morgan fingerprint density at radius 1 is 1.00 bits per heavy atom. The Labute approximate surface area is 112 Å². The number of hydrogen-bond donors (Lipinski definition) is 2. The maximum Gasteiger partial charge on any atom is 0.154 e. The summed E-state index contributed by atoms with van der Waals surface area (Å²) >= 11 is 0. The third-order valence-corrected chi connectivity index (χ3v) is 2.60. The minimum absolute atomic E-state index is 0.366. The molecule has 4 nitrogen and oxygen atoms in total. The number of aliphatic imine (C=N–C) groups is 1. The van der Waals surface area contributed by atoms with Gasteiger partial charge in [-0.05, 0) is 24.6 Å². The highest BCUT2D eigenvalue weighted by atomic mass is 15.0. The monoisotopic (exact) mass is 252 g/mol. The van der Waals surface area contributed by atoms with Gasteiger partial charge in [-0.1, -0.05) is 36.4 Å². The normalized spacial score (nSPS) is 13.0. The lowest BCUT2D eigenvalue weighted by atomic mass is 10.0. The molecule has 0 saturated heterocycles. The van der Waals surface area contributed by atoms with Crippen LogP contribution >= 0.6 is 0 Å². The van der Waals surface area contributed by atoms with Crippen LogP contribution in [0.4, 0.5) is 5.82 Å². The zero-order valence-corrected chi connectivity index (χ0v) is 10.7. The number of amidine groups is 1. The minimum atomic E-state index is 0.366. The summed E-state index contributed by atoms with van der Waals surface area (Å²) in [6.45, 7) is 1.81. The predicted octanol–water partition coefficient (Wildman–Crippen LogP) is 2.46. The molecule has 0 radical (unpaired) electrons. The number of aromatic nitrogens is 1. The second-order valence-electron chi connectivity index (χ2n) is 4.11. The van der Waals surface area contributed by atoms with Gasteiger partial charge in [-0.25, -0.2) is 9.98 Å². The number of hydrogen-bond acceptors (Lipinski definition) is 3. The smallest absolute Gasteiger partial charge is 0.154 e. The van der Waals surface area contributed by atoms with E-state index in [-0.39, 0.29) is 0 Å². The van der Waals surface area contributed by atoms with Gasteiger partial charge in [0, 0.05) is 17.5 Å². The average molecular weight is 252 g/mol. The first-order valence-electron chi connectivity index (χ1n) is 5.96. The molecular formula is C15H16N4. The maximum atomic E-state index is 6.06. The lowest BCUT2D eigenvalue weighted by Gasteiger charge is -2.09. The zero-order chi connectivity index (χ0) is 13.7. The van der Waals surface area contributed by atoms with Crippen molar-refractivity contribution in [3.8, 4) is 0 Å². The maximum absolute atomic E-state index is 6.06. The molecule has 4 heteroatoms. The highest BCUT2D eigenvalue weighted by Crippen LogP contribution is 2.18. The Bertz CT molecular complexity index is 597. The zero-order valence-electron chi connectivity index (χ0n) is 10.7.